The molecule has 8 aromatic rings. The molecule has 0 atom stereocenters. The van der Waals surface area contributed by atoms with Crippen LogP contribution in [-0.4, -0.2) is 10.4 Å². The van der Waals surface area contributed by atoms with Crippen LogP contribution in [0, 0.1) is 6.57 Å². The lowest BCUT2D eigenvalue weighted by molar-refractivity contribution is -0.0778. The number of aromatic nitrogens is 1. The van der Waals surface area contributed by atoms with E-state index in [1.807, 2.05) is 80.6 Å². The third kappa shape index (κ3) is 3.86. The van der Waals surface area contributed by atoms with E-state index in [-0.39, 0.29) is 0 Å². The Hall–Kier alpha value is -5.99. The van der Waals surface area contributed by atoms with Crippen molar-refractivity contribution in [2.45, 2.75) is 19.6 Å². The average Bonchev–Trinajstić information content (AvgIpc) is 3.56. The van der Waals surface area contributed by atoms with E-state index in [2.05, 4.69) is 64.0 Å². The van der Waals surface area contributed by atoms with E-state index in [0.29, 0.717) is 5.69 Å². The third-order valence-electron chi connectivity index (χ3n) is 8.70. The molecule has 0 aliphatic carbocycles. The van der Waals surface area contributed by atoms with Crippen molar-refractivity contribution in [2.24, 2.45) is 0 Å². The van der Waals surface area contributed by atoms with Crippen molar-refractivity contribution in [1.29, 1.82) is 0 Å². The molecule has 6 aromatic carbocycles. The number of hydrogen-bond acceptors (Lipinski definition) is 3. The Morgan fingerprint density at radius 3 is 2.27 bits per heavy atom. The molecule has 214 valence electrons. The van der Waals surface area contributed by atoms with Gasteiger partial charge in [0.1, 0.15) is 22.7 Å². The quantitative estimate of drug-likeness (QED) is 0.190. The third-order valence-corrected chi connectivity index (χ3v) is 8.70. The maximum absolute atomic E-state index is 7.54. The summed E-state index contributed by atoms with van der Waals surface area (Å²) in [6.07, 6.45) is 0. The first-order valence-electron chi connectivity index (χ1n) is 15.0. The zero-order valence-electron chi connectivity index (χ0n) is 24.7. The summed E-state index contributed by atoms with van der Waals surface area (Å²) in [7, 11) is 0. The largest absolute Gasteiger partial charge is 0.456 e. The van der Waals surface area contributed by atoms with Gasteiger partial charge in [-0.3, -0.25) is 0 Å². The highest BCUT2D eigenvalue weighted by molar-refractivity contribution is 6.13. The predicted molar refractivity (Wildman–Crippen MR) is 181 cm³/mol. The SMILES string of the molecule is [C-]#[N+]c1ccc2c(c1)c1ccccc1n2-c1ccc2c(c1)OC(C)(C)Oc1ccc(-c3cccc4oc5ccccc5c34)cc1-2. The molecule has 5 nitrogen and oxygen atoms in total. The summed E-state index contributed by atoms with van der Waals surface area (Å²) in [6, 6.07) is 41.3. The van der Waals surface area contributed by atoms with Crippen LogP contribution in [0.3, 0.4) is 0 Å². The van der Waals surface area contributed by atoms with Crippen LogP contribution in [0.25, 0.3) is 76.5 Å². The van der Waals surface area contributed by atoms with Gasteiger partial charge in [0.15, 0.2) is 5.69 Å². The maximum atomic E-state index is 7.54. The fourth-order valence-corrected chi connectivity index (χ4v) is 6.83. The Morgan fingerprint density at radius 2 is 1.38 bits per heavy atom. The Balaban J connectivity index is 1.25. The van der Waals surface area contributed by atoms with Crippen LogP contribution < -0.4 is 9.47 Å². The monoisotopic (exact) mass is 582 g/mol. The molecule has 0 saturated carbocycles. The first-order valence-corrected chi connectivity index (χ1v) is 15.0. The highest BCUT2D eigenvalue weighted by atomic mass is 16.7. The number of ether oxygens (including phenoxy) is 2. The molecule has 9 rings (SSSR count). The molecule has 0 bridgehead atoms. The number of hydrogen-bond donors (Lipinski definition) is 0. The van der Waals surface area contributed by atoms with E-state index in [1.54, 1.807) is 0 Å². The van der Waals surface area contributed by atoms with Crippen LogP contribution in [0.5, 0.6) is 11.5 Å². The Morgan fingerprint density at radius 1 is 0.600 bits per heavy atom. The first-order chi connectivity index (χ1) is 22.0. The molecule has 0 radical (unpaired) electrons. The fourth-order valence-electron chi connectivity index (χ4n) is 6.83. The van der Waals surface area contributed by atoms with E-state index < -0.39 is 5.79 Å². The molecule has 45 heavy (non-hydrogen) atoms. The number of fused-ring (bicyclic) bond motifs is 9. The van der Waals surface area contributed by atoms with E-state index >= 15 is 0 Å². The van der Waals surface area contributed by atoms with Crippen molar-refractivity contribution in [1.82, 2.24) is 4.57 Å². The van der Waals surface area contributed by atoms with Gasteiger partial charge in [0, 0.05) is 52.9 Å². The van der Waals surface area contributed by atoms with Crippen LogP contribution in [0.1, 0.15) is 13.8 Å². The average molecular weight is 583 g/mol. The first kappa shape index (κ1) is 25.5. The van der Waals surface area contributed by atoms with E-state index in [0.717, 1.165) is 83.2 Å². The second-order valence-corrected chi connectivity index (χ2v) is 11.9. The van der Waals surface area contributed by atoms with Crippen LogP contribution >= 0.6 is 0 Å². The summed E-state index contributed by atoms with van der Waals surface area (Å²) in [5, 5.41) is 4.35. The van der Waals surface area contributed by atoms with Gasteiger partial charge in [-0.1, -0.05) is 60.7 Å². The lowest BCUT2D eigenvalue weighted by Crippen LogP contribution is -2.34. The van der Waals surface area contributed by atoms with Gasteiger partial charge in [-0.15, -0.1) is 0 Å². The second-order valence-electron chi connectivity index (χ2n) is 11.9. The summed E-state index contributed by atoms with van der Waals surface area (Å²) in [4.78, 5) is 3.67. The second kappa shape index (κ2) is 9.25. The smallest absolute Gasteiger partial charge is 0.245 e. The van der Waals surface area contributed by atoms with Crippen molar-refractivity contribution in [3.63, 3.8) is 0 Å². The zero-order chi connectivity index (χ0) is 30.3. The number of para-hydroxylation sites is 2. The molecular formula is C40H26N2O3. The van der Waals surface area contributed by atoms with Gasteiger partial charge in [0.2, 0.25) is 5.79 Å². The molecule has 0 spiro atoms. The van der Waals surface area contributed by atoms with Crippen LogP contribution in [0.4, 0.5) is 5.69 Å². The number of benzene rings is 6. The molecule has 0 amide bonds. The van der Waals surface area contributed by atoms with E-state index in [9.17, 15) is 0 Å². The molecule has 5 heteroatoms. The van der Waals surface area contributed by atoms with Crippen molar-refractivity contribution in [2.75, 3.05) is 0 Å². The van der Waals surface area contributed by atoms with Crippen molar-refractivity contribution < 1.29 is 13.9 Å². The van der Waals surface area contributed by atoms with Gasteiger partial charge in [-0.2, -0.15) is 0 Å². The van der Waals surface area contributed by atoms with Gasteiger partial charge < -0.3 is 18.5 Å². The summed E-state index contributed by atoms with van der Waals surface area (Å²) in [5.41, 5.74) is 9.55. The summed E-state index contributed by atoms with van der Waals surface area (Å²) in [5.74, 6) is 0.610. The highest BCUT2D eigenvalue weighted by Crippen LogP contribution is 2.47. The predicted octanol–water partition coefficient (Wildman–Crippen LogP) is 11.1. The van der Waals surface area contributed by atoms with Gasteiger partial charge >= 0.3 is 0 Å². The lowest BCUT2D eigenvalue weighted by Gasteiger charge is -2.26. The number of rotatable bonds is 2. The minimum Gasteiger partial charge on any atom is -0.456 e. The highest BCUT2D eigenvalue weighted by Gasteiger charge is 2.30. The van der Waals surface area contributed by atoms with Gasteiger partial charge in [-0.25, -0.2) is 4.85 Å². The van der Waals surface area contributed by atoms with Crippen molar-refractivity contribution in [3.05, 3.63) is 133 Å². The fraction of sp³-hybridized carbons (Fsp3) is 0.0750. The van der Waals surface area contributed by atoms with Gasteiger partial charge in [0.25, 0.3) is 0 Å². The summed E-state index contributed by atoms with van der Waals surface area (Å²) < 4.78 is 21.5. The van der Waals surface area contributed by atoms with Crippen LogP contribution in [-0.2, 0) is 0 Å². The normalized spacial score (nSPS) is 13.6. The molecule has 0 fully saturated rings. The molecule has 0 saturated heterocycles. The zero-order valence-corrected chi connectivity index (χ0v) is 24.7. The van der Waals surface area contributed by atoms with Crippen LogP contribution in [0.15, 0.2) is 126 Å². The van der Waals surface area contributed by atoms with Gasteiger partial charge in [-0.05, 0) is 71.1 Å². The molecule has 2 aromatic heterocycles. The minimum atomic E-state index is -0.897. The molecule has 3 heterocycles. The molecule has 1 aliphatic rings. The Kier molecular flexibility index (Phi) is 5.24. The van der Waals surface area contributed by atoms with E-state index in [1.165, 1.54) is 0 Å². The summed E-state index contributed by atoms with van der Waals surface area (Å²) in [6.45, 7) is 11.4. The van der Waals surface area contributed by atoms with Crippen molar-refractivity contribution >= 4 is 49.4 Å². The van der Waals surface area contributed by atoms with Crippen LogP contribution in [0.2, 0.25) is 0 Å². The van der Waals surface area contributed by atoms with Gasteiger partial charge in [0.05, 0.1) is 17.6 Å². The Bertz CT molecular complexity index is 2540. The Labute approximate surface area is 259 Å². The van der Waals surface area contributed by atoms with E-state index in [4.69, 9.17) is 20.5 Å². The molecule has 0 N–H and O–H groups in total. The molecular weight excluding hydrogens is 556 g/mol. The standard InChI is InChI=1S/C40H26N2O3/c1-40(2)44-36-20-15-24(27-11-8-14-37-39(27)30-10-5-7-13-35(30)43-37)21-32(36)29-18-17-26(23-38(29)45-40)42-33-12-6-4-9-28(33)31-22-25(41-3)16-19-34(31)42/h4-23H,1-2H3. The number of furan rings is 1. The maximum Gasteiger partial charge on any atom is 0.245 e. The topological polar surface area (TPSA) is 40.9 Å². The number of nitrogens with zero attached hydrogens (tertiary/aromatic N) is 2. The summed E-state index contributed by atoms with van der Waals surface area (Å²) >= 11 is 0. The minimum absolute atomic E-state index is 0.626. The lowest BCUT2D eigenvalue weighted by atomic mass is 9.95. The van der Waals surface area contributed by atoms with Crippen molar-refractivity contribution in [3.8, 4) is 39.4 Å². The molecule has 0 unspecified atom stereocenters. The molecule has 1 aliphatic heterocycles.